The minimum atomic E-state index is 0.0185. The number of amides is 1. The van der Waals surface area contributed by atoms with Crippen LogP contribution in [0.4, 0.5) is 5.95 Å². The Morgan fingerprint density at radius 2 is 1.75 bits per heavy atom. The number of carbonyl (C=O) groups is 1. The summed E-state index contributed by atoms with van der Waals surface area (Å²) < 4.78 is 7.29. The van der Waals surface area contributed by atoms with Crippen molar-refractivity contribution in [2.75, 3.05) is 38.2 Å². The number of benzene rings is 2. The topological polar surface area (TPSA) is 76.4 Å². The van der Waals surface area contributed by atoms with Gasteiger partial charge in [-0.25, -0.2) is 9.97 Å². The van der Waals surface area contributed by atoms with Crippen LogP contribution in [0, 0.1) is 6.92 Å². The highest BCUT2D eigenvalue weighted by Gasteiger charge is 2.24. The number of hydrogen-bond acceptors (Lipinski definition) is 6. The first-order chi connectivity index (χ1) is 15.6. The molecule has 0 radical (unpaired) electrons. The van der Waals surface area contributed by atoms with Crippen LogP contribution in [0.1, 0.15) is 16.2 Å². The second kappa shape index (κ2) is 8.30. The maximum Gasteiger partial charge on any atom is 0.254 e. The number of carbonyl (C=O) groups excluding carboxylic acids is 1. The van der Waals surface area contributed by atoms with Gasteiger partial charge in [-0.05, 0) is 37.3 Å². The summed E-state index contributed by atoms with van der Waals surface area (Å²) in [7, 11) is 1.59. The Bertz CT molecular complexity index is 1260. The van der Waals surface area contributed by atoms with Crippen LogP contribution in [0.15, 0.2) is 60.8 Å². The van der Waals surface area contributed by atoms with Crippen LogP contribution in [-0.2, 0) is 0 Å². The fraction of sp³-hybridized carbons (Fsp3) is 0.250. The van der Waals surface area contributed by atoms with Crippen LogP contribution in [0.25, 0.3) is 16.7 Å². The lowest BCUT2D eigenvalue weighted by Crippen LogP contribution is -2.49. The normalized spacial score (nSPS) is 14.1. The van der Waals surface area contributed by atoms with Crippen molar-refractivity contribution in [3.8, 4) is 11.6 Å². The highest BCUT2D eigenvalue weighted by atomic mass is 16.5. The fourth-order valence-electron chi connectivity index (χ4n) is 4.13. The predicted molar refractivity (Wildman–Crippen MR) is 123 cm³/mol. The van der Waals surface area contributed by atoms with Gasteiger partial charge in [0.2, 0.25) is 11.8 Å². The van der Waals surface area contributed by atoms with E-state index in [-0.39, 0.29) is 5.91 Å². The largest absolute Gasteiger partial charge is 0.481 e. The van der Waals surface area contributed by atoms with Crippen LogP contribution < -0.4 is 9.64 Å². The first kappa shape index (κ1) is 20.0. The van der Waals surface area contributed by atoms with Gasteiger partial charge in [-0.1, -0.05) is 18.2 Å². The Labute approximate surface area is 186 Å². The lowest BCUT2D eigenvalue weighted by Gasteiger charge is -2.34. The van der Waals surface area contributed by atoms with Crippen LogP contribution in [0.2, 0.25) is 0 Å². The third-order valence-electron chi connectivity index (χ3n) is 5.76. The van der Waals surface area contributed by atoms with Gasteiger partial charge in [-0.15, -0.1) is 0 Å². The summed E-state index contributed by atoms with van der Waals surface area (Å²) in [4.78, 5) is 30.5. The first-order valence-corrected chi connectivity index (χ1v) is 10.6. The Morgan fingerprint density at radius 1 is 0.969 bits per heavy atom. The van der Waals surface area contributed by atoms with Gasteiger partial charge in [0.05, 0.1) is 18.1 Å². The zero-order valence-electron chi connectivity index (χ0n) is 18.1. The molecule has 3 heterocycles. The van der Waals surface area contributed by atoms with Crippen LogP contribution in [-0.4, -0.2) is 63.6 Å². The summed E-state index contributed by atoms with van der Waals surface area (Å²) in [6.07, 6.45) is 1.68. The maximum absolute atomic E-state index is 13.2. The highest BCUT2D eigenvalue weighted by Crippen LogP contribution is 2.23. The van der Waals surface area contributed by atoms with E-state index in [0.717, 1.165) is 22.5 Å². The van der Waals surface area contributed by atoms with E-state index in [9.17, 15) is 4.79 Å². The molecule has 32 heavy (non-hydrogen) atoms. The van der Waals surface area contributed by atoms with E-state index in [1.807, 2.05) is 48.2 Å². The lowest BCUT2D eigenvalue weighted by atomic mass is 10.1. The smallest absolute Gasteiger partial charge is 0.254 e. The molecule has 0 aliphatic carbocycles. The number of anilines is 1. The summed E-state index contributed by atoms with van der Waals surface area (Å²) in [6, 6.07) is 17.6. The average molecular weight is 428 g/mol. The predicted octanol–water partition coefficient (Wildman–Crippen LogP) is 3.09. The van der Waals surface area contributed by atoms with E-state index in [1.165, 1.54) is 0 Å². The maximum atomic E-state index is 13.2. The molecule has 162 valence electrons. The zero-order chi connectivity index (χ0) is 22.1. The number of ether oxygens (including phenoxy) is 1. The van der Waals surface area contributed by atoms with E-state index in [4.69, 9.17) is 9.72 Å². The second-order valence-electron chi connectivity index (χ2n) is 7.71. The van der Waals surface area contributed by atoms with E-state index in [0.29, 0.717) is 43.6 Å². The zero-order valence-corrected chi connectivity index (χ0v) is 18.1. The number of aryl methyl sites for hydroxylation is 1. The number of rotatable bonds is 4. The molecule has 0 bridgehead atoms. The van der Waals surface area contributed by atoms with E-state index < -0.39 is 0 Å². The Balaban J connectivity index is 1.33. The number of imidazole rings is 1. The van der Waals surface area contributed by atoms with Gasteiger partial charge < -0.3 is 14.5 Å². The molecular weight excluding hydrogens is 404 g/mol. The molecule has 2 aromatic carbocycles. The number of para-hydroxylation sites is 1. The number of aromatic nitrogens is 4. The standard InChI is InChI=1S/C24H24N6O2/c1-17-26-20-16-18(8-9-21(20)30(17)19-6-4-3-5-7-19)23(31)28-12-14-29(15-13-28)24-25-11-10-22(27-24)32-2/h3-11,16H,12-15H2,1-2H3. The summed E-state index contributed by atoms with van der Waals surface area (Å²) in [5.74, 6) is 2.07. The Morgan fingerprint density at radius 3 is 2.50 bits per heavy atom. The van der Waals surface area contributed by atoms with Gasteiger partial charge in [-0.2, -0.15) is 4.98 Å². The number of fused-ring (bicyclic) bond motifs is 1. The van der Waals surface area contributed by atoms with Crippen LogP contribution in [0.5, 0.6) is 5.88 Å². The molecule has 4 aromatic rings. The van der Waals surface area contributed by atoms with E-state index in [1.54, 1.807) is 19.4 Å². The van der Waals surface area contributed by atoms with Crippen molar-refractivity contribution in [2.45, 2.75) is 6.92 Å². The van der Waals surface area contributed by atoms with E-state index >= 15 is 0 Å². The molecular formula is C24H24N6O2. The number of nitrogens with zero attached hydrogens (tertiary/aromatic N) is 6. The number of hydrogen-bond donors (Lipinski definition) is 0. The molecule has 1 aliphatic rings. The van der Waals surface area contributed by atoms with Crippen molar-refractivity contribution in [3.63, 3.8) is 0 Å². The Kier molecular flexibility index (Phi) is 5.18. The molecule has 0 spiro atoms. The van der Waals surface area contributed by atoms with Crippen molar-refractivity contribution in [3.05, 3.63) is 72.2 Å². The molecule has 5 rings (SSSR count). The van der Waals surface area contributed by atoms with Gasteiger partial charge in [0, 0.05) is 49.7 Å². The highest BCUT2D eigenvalue weighted by molar-refractivity contribution is 5.97. The van der Waals surface area contributed by atoms with Crippen molar-refractivity contribution in [2.24, 2.45) is 0 Å². The van der Waals surface area contributed by atoms with Gasteiger partial charge in [-0.3, -0.25) is 9.36 Å². The molecule has 1 amide bonds. The molecule has 0 unspecified atom stereocenters. The summed E-state index contributed by atoms with van der Waals surface area (Å²) in [6.45, 7) is 4.53. The number of piperazine rings is 1. The van der Waals surface area contributed by atoms with Crippen LogP contribution >= 0.6 is 0 Å². The SMILES string of the molecule is COc1ccnc(N2CCN(C(=O)c3ccc4c(c3)nc(C)n4-c3ccccc3)CC2)n1. The van der Waals surface area contributed by atoms with Crippen molar-refractivity contribution in [1.82, 2.24) is 24.4 Å². The minimum absolute atomic E-state index is 0.0185. The van der Waals surface area contributed by atoms with Gasteiger partial charge in [0.25, 0.3) is 5.91 Å². The molecule has 1 fully saturated rings. The molecule has 0 atom stereocenters. The molecule has 2 aromatic heterocycles. The van der Waals surface area contributed by atoms with Gasteiger partial charge >= 0.3 is 0 Å². The molecule has 8 heteroatoms. The van der Waals surface area contributed by atoms with Crippen LogP contribution in [0.3, 0.4) is 0 Å². The van der Waals surface area contributed by atoms with Crippen molar-refractivity contribution in [1.29, 1.82) is 0 Å². The summed E-state index contributed by atoms with van der Waals surface area (Å²) in [5.41, 5.74) is 3.52. The van der Waals surface area contributed by atoms with Gasteiger partial charge in [0.1, 0.15) is 5.82 Å². The van der Waals surface area contributed by atoms with E-state index in [2.05, 4.69) is 31.6 Å². The third-order valence-corrected chi connectivity index (χ3v) is 5.76. The van der Waals surface area contributed by atoms with Crippen molar-refractivity contribution < 1.29 is 9.53 Å². The molecule has 0 N–H and O–H groups in total. The number of methoxy groups -OCH3 is 1. The molecule has 0 saturated carbocycles. The van der Waals surface area contributed by atoms with Crippen molar-refractivity contribution >= 4 is 22.9 Å². The molecule has 8 nitrogen and oxygen atoms in total. The average Bonchev–Trinajstić information content (AvgIpc) is 3.19. The fourth-order valence-corrected chi connectivity index (χ4v) is 4.13. The second-order valence-corrected chi connectivity index (χ2v) is 7.71. The summed E-state index contributed by atoms with van der Waals surface area (Å²) >= 11 is 0. The third kappa shape index (κ3) is 3.64. The quantitative estimate of drug-likeness (QED) is 0.497. The molecule has 1 saturated heterocycles. The lowest BCUT2D eigenvalue weighted by molar-refractivity contribution is 0.0746. The molecule has 1 aliphatic heterocycles. The summed E-state index contributed by atoms with van der Waals surface area (Å²) in [5, 5.41) is 0. The minimum Gasteiger partial charge on any atom is -0.481 e. The first-order valence-electron chi connectivity index (χ1n) is 10.6. The Hall–Kier alpha value is -3.94. The monoisotopic (exact) mass is 428 g/mol. The van der Waals surface area contributed by atoms with Gasteiger partial charge in [0.15, 0.2) is 0 Å².